The lowest BCUT2D eigenvalue weighted by molar-refractivity contribution is 0.0734. The van der Waals surface area contributed by atoms with E-state index in [2.05, 4.69) is 71.0 Å². The number of benzene rings is 5. The first kappa shape index (κ1) is 43.3. The van der Waals surface area contributed by atoms with Gasteiger partial charge in [-0.2, -0.15) is 0 Å². The van der Waals surface area contributed by atoms with Crippen molar-refractivity contribution >= 4 is 11.8 Å². The number of aryl methyl sites for hydroxylation is 1. The maximum atomic E-state index is 13.2. The quantitative estimate of drug-likeness (QED) is 0.0936. The van der Waals surface area contributed by atoms with Gasteiger partial charge < -0.3 is 4.74 Å². The number of ketones is 1. The van der Waals surface area contributed by atoms with Crippen LogP contribution >= 0.6 is 0 Å². The Bertz CT molecular complexity index is 1680. The van der Waals surface area contributed by atoms with E-state index >= 15 is 0 Å². The van der Waals surface area contributed by atoms with Gasteiger partial charge in [0.15, 0.2) is 5.78 Å². The molecule has 5 aromatic carbocycles. The molecular weight excluding hydrogens is 613 g/mol. The maximum absolute atomic E-state index is 13.2. The van der Waals surface area contributed by atoms with Gasteiger partial charge in [-0.1, -0.05) is 192 Å². The summed E-state index contributed by atoms with van der Waals surface area (Å²) in [6.07, 6.45) is 0. The molecule has 5 rings (SSSR count). The zero-order chi connectivity index (χ0) is 37.9. The third-order valence-corrected chi connectivity index (χ3v) is 8.31. The molecule has 0 aliphatic rings. The van der Waals surface area contributed by atoms with Crippen molar-refractivity contribution in [3.63, 3.8) is 0 Å². The lowest BCUT2D eigenvalue weighted by Gasteiger charge is -2.26. The highest BCUT2D eigenvalue weighted by atomic mass is 16.5. The molecule has 0 atom stereocenters. The Labute approximate surface area is 303 Å². The monoisotopic (exact) mass is 672 g/mol. The maximum Gasteiger partial charge on any atom is 0.343 e. The molecule has 3 nitrogen and oxygen atoms in total. The van der Waals surface area contributed by atoms with Crippen LogP contribution in [0.25, 0.3) is 0 Å². The molecule has 0 aromatic heterocycles. The van der Waals surface area contributed by atoms with Crippen LogP contribution in [-0.4, -0.2) is 11.8 Å². The molecule has 0 bridgehead atoms. The van der Waals surface area contributed by atoms with Crippen molar-refractivity contribution < 1.29 is 14.3 Å². The van der Waals surface area contributed by atoms with Crippen molar-refractivity contribution in [3.8, 4) is 5.75 Å². The first-order valence-electron chi connectivity index (χ1n) is 18.3. The summed E-state index contributed by atoms with van der Waals surface area (Å²) in [5.41, 5.74) is 7.08. The lowest BCUT2D eigenvalue weighted by Crippen LogP contribution is -2.19. The first-order chi connectivity index (χ1) is 24.1. The predicted octanol–water partition coefficient (Wildman–Crippen LogP) is 13.2. The van der Waals surface area contributed by atoms with Crippen molar-refractivity contribution in [2.45, 2.75) is 101 Å². The summed E-state index contributed by atoms with van der Waals surface area (Å²) in [5, 5.41) is 0. The number of ether oxygens (including phenoxy) is 1. The molecule has 0 spiro atoms. The minimum absolute atomic E-state index is 0.0919. The molecule has 0 aliphatic carbocycles. The molecule has 266 valence electrons. The first-order valence-corrected chi connectivity index (χ1v) is 18.3. The SMILES string of the molecule is CC.CC.CC.CC.Cc1ccc(C(C)(C)c2ccc(OC(=O)c3ccc(C(=O)c4ccc(C(C)(C)c5ccccc5)cc4)cc3)cc2)cc1. The van der Waals surface area contributed by atoms with E-state index in [9.17, 15) is 9.59 Å². The fraction of sp³-hybridized carbons (Fsp3) is 0.319. The number of carbonyl (C=O) groups excluding carboxylic acids is 2. The fourth-order valence-electron chi connectivity index (χ4n) is 5.23. The van der Waals surface area contributed by atoms with E-state index in [1.54, 1.807) is 24.3 Å². The van der Waals surface area contributed by atoms with Gasteiger partial charge in [0, 0.05) is 22.0 Å². The minimum Gasteiger partial charge on any atom is -0.423 e. The molecule has 0 saturated carbocycles. The lowest BCUT2D eigenvalue weighted by atomic mass is 9.78. The van der Waals surface area contributed by atoms with Crippen molar-refractivity contribution in [2.24, 2.45) is 0 Å². The topological polar surface area (TPSA) is 43.4 Å². The van der Waals surface area contributed by atoms with Crippen molar-refractivity contribution in [2.75, 3.05) is 0 Å². The normalized spacial score (nSPS) is 10.3. The number of rotatable bonds is 8. The van der Waals surface area contributed by atoms with E-state index in [1.807, 2.05) is 122 Å². The summed E-state index contributed by atoms with van der Waals surface area (Å²) >= 11 is 0. The van der Waals surface area contributed by atoms with Gasteiger partial charge in [-0.05, 0) is 53.4 Å². The van der Waals surface area contributed by atoms with Gasteiger partial charge in [-0.15, -0.1) is 0 Å². The Balaban J connectivity index is 0.00000146. The summed E-state index contributed by atoms with van der Waals surface area (Å²) in [4.78, 5) is 26.0. The standard InChI is InChI=1S/C39H36O3.4C2H6/c1-27-11-19-32(20-12-27)39(4,5)34-23-25-35(26-24-34)42-37(41)30-15-13-28(14-16-30)36(40)29-17-21-33(22-18-29)38(2,3)31-9-7-6-8-10-31;4*1-2/h6-26H,1-5H3;4*1-2H3. The van der Waals surface area contributed by atoms with E-state index < -0.39 is 5.97 Å². The molecule has 0 unspecified atom stereocenters. The van der Waals surface area contributed by atoms with Crippen LogP contribution in [0.4, 0.5) is 0 Å². The van der Waals surface area contributed by atoms with Crippen LogP contribution in [0.2, 0.25) is 0 Å². The predicted molar refractivity (Wildman–Crippen MR) is 215 cm³/mol. The van der Waals surface area contributed by atoms with E-state index in [0.717, 1.165) is 11.1 Å². The molecule has 0 aliphatic heterocycles. The van der Waals surface area contributed by atoms with E-state index in [-0.39, 0.29) is 16.6 Å². The van der Waals surface area contributed by atoms with Crippen LogP contribution in [0.1, 0.15) is 137 Å². The van der Waals surface area contributed by atoms with Gasteiger partial charge in [0.2, 0.25) is 0 Å². The number of hydrogen-bond donors (Lipinski definition) is 0. The summed E-state index contributed by atoms with van der Waals surface area (Å²) in [6, 6.07) is 40.9. The molecule has 0 fully saturated rings. The second-order valence-corrected chi connectivity index (χ2v) is 11.9. The van der Waals surface area contributed by atoms with Gasteiger partial charge in [0.05, 0.1) is 5.56 Å². The second-order valence-electron chi connectivity index (χ2n) is 11.9. The minimum atomic E-state index is -0.466. The number of carbonyl (C=O) groups is 2. The Morgan fingerprint density at radius 2 is 0.740 bits per heavy atom. The molecule has 0 radical (unpaired) electrons. The van der Waals surface area contributed by atoms with Crippen LogP contribution in [0, 0.1) is 6.92 Å². The molecule has 3 heteroatoms. The third-order valence-electron chi connectivity index (χ3n) is 8.31. The van der Waals surface area contributed by atoms with Crippen LogP contribution in [-0.2, 0) is 10.8 Å². The Morgan fingerprint density at radius 1 is 0.420 bits per heavy atom. The average molecular weight is 673 g/mol. The zero-order valence-corrected chi connectivity index (χ0v) is 32.8. The fourth-order valence-corrected chi connectivity index (χ4v) is 5.23. The largest absolute Gasteiger partial charge is 0.423 e. The van der Waals surface area contributed by atoms with Gasteiger partial charge in [0.25, 0.3) is 0 Å². The van der Waals surface area contributed by atoms with Crippen LogP contribution in [0.15, 0.2) is 127 Å². The van der Waals surface area contributed by atoms with Crippen LogP contribution in [0.3, 0.4) is 0 Å². The summed E-state index contributed by atoms with van der Waals surface area (Å²) in [6.45, 7) is 26.8. The van der Waals surface area contributed by atoms with E-state index in [4.69, 9.17) is 4.74 Å². The molecule has 0 amide bonds. The molecule has 5 aromatic rings. The third kappa shape index (κ3) is 11.1. The van der Waals surface area contributed by atoms with Crippen LogP contribution in [0.5, 0.6) is 5.75 Å². The summed E-state index contributed by atoms with van der Waals surface area (Å²) < 4.78 is 5.63. The Hall–Kier alpha value is -4.76. The van der Waals surface area contributed by atoms with Gasteiger partial charge in [-0.25, -0.2) is 4.79 Å². The number of hydrogen-bond acceptors (Lipinski definition) is 3. The Morgan fingerprint density at radius 3 is 1.16 bits per heavy atom. The highest BCUT2D eigenvalue weighted by Crippen LogP contribution is 2.33. The second kappa shape index (κ2) is 21.4. The van der Waals surface area contributed by atoms with Crippen LogP contribution < -0.4 is 4.74 Å². The number of esters is 1. The van der Waals surface area contributed by atoms with Crippen molar-refractivity contribution in [1.29, 1.82) is 0 Å². The highest BCUT2D eigenvalue weighted by Gasteiger charge is 2.24. The average Bonchev–Trinajstić information content (AvgIpc) is 3.18. The molecule has 0 N–H and O–H groups in total. The summed E-state index contributed by atoms with van der Waals surface area (Å²) in [5.74, 6) is -0.0834. The summed E-state index contributed by atoms with van der Waals surface area (Å²) in [7, 11) is 0. The van der Waals surface area contributed by atoms with E-state index in [1.165, 1.54) is 16.7 Å². The molecule has 0 saturated heterocycles. The van der Waals surface area contributed by atoms with E-state index in [0.29, 0.717) is 22.4 Å². The Kier molecular flexibility index (Phi) is 18.5. The molecule has 50 heavy (non-hydrogen) atoms. The highest BCUT2D eigenvalue weighted by molar-refractivity contribution is 6.09. The molecular formula is C47H60O3. The van der Waals surface area contributed by atoms with Crippen molar-refractivity contribution in [3.05, 3.63) is 172 Å². The van der Waals surface area contributed by atoms with Gasteiger partial charge in [0.1, 0.15) is 5.75 Å². The van der Waals surface area contributed by atoms with Gasteiger partial charge in [-0.3, -0.25) is 4.79 Å². The smallest absolute Gasteiger partial charge is 0.343 e. The zero-order valence-electron chi connectivity index (χ0n) is 32.8. The van der Waals surface area contributed by atoms with Gasteiger partial charge >= 0.3 is 5.97 Å². The molecule has 0 heterocycles. The van der Waals surface area contributed by atoms with Crippen molar-refractivity contribution in [1.82, 2.24) is 0 Å².